The highest BCUT2D eigenvalue weighted by Crippen LogP contribution is 2.38. The van der Waals surface area contributed by atoms with Gasteiger partial charge in [-0.15, -0.1) is 0 Å². The molecule has 2 saturated heterocycles. The smallest absolute Gasteiger partial charge is 0.444 e. The molecule has 0 saturated carbocycles. The largest absolute Gasteiger partial charge is 0.497 e. The van der Waals surface area contributed by atoms with Gasteiger partial charge in [-0.05, 0) is 61.1 Å². The van der Waals surface area contributed by atoms with Crippen LogP contribution in [0, 0.1) is 5.41 Å². The van der Waals surface area contributed by atoms with Gasteiger partial charge in [0.15, 0.2) is 0 Å². The lowest BCUT2D eigenvalue weighted by molar-refractivity contribution is 0.00578. The molecule has 26 heavy (non-hydrogen) atoms. The first-order valence-corrected chi connectivity index (χ1v) is 9.15. The van der Waals surface area contributed by atoms with Gasteiger partial charge in [-0.2, -0.15) is 0 Å². The maximum atomic E-state index is 12.1. The van der Waals surface area contributed by atoms with Crippen molar-refractivity contribution in [3.8, 4) is 0 Å². The summed E-state index contributed by atoms with van der Waals surface area (Å²) in [5.74, 6) is 0. The Morgan fingerprint density at radius 1 is 1.27 bits per heavy atom. The van der Waals surface area contributed by atoms with Crippen molar-refractivity contribution < 1.29 is 18.8 Å². The van der Waals surface area contributed by atoms with Crippen molar-refractivity contribution in [2.24, 2.45) is 0 Å². The summed E-state index contributed by atoms with van der Waals surface area (Å²) in [4.78, 5) is 13.8. The van der Waals surface area contributed by atoms with Crippen LogP contribution in [0.3, 0.4) is 0 Å². The van der Waals surface area contributed by atoms with Gasteiger partial charge in [0.1, 0.15) is 5.60 Å². The number of carbonyl (C=O) groups excluding carboxylic acids is 1. The second-order valence-corrected chi connectivity index (χ2v) is 8.96. The molecule has 0 spiro atoms. The lowest BCUT2D eigenvalue weighted by Gasteiger charge is -2.32. The monoisotopic (exact) mass is 365 g/mol. The number of ether oxygens (including phenoxy) is 1. The zero-order valence-corrected chi connectivity index (χ0v) is 17.0. The molecule has 2 fully saturated rings. The summed E-state index contributed by atoms with van der Waals surface area (Å²) in [5, 5.41) is 11.0. The molecule has 2 heterocycles. The first-order chi connectivity index (χ1) is 11.8. The summed E-state index contributed by atoms with van der Waals surface area (Å²) in [5.41, 5.74) is -0.757. The number of nitrogens with zero attached hydrogens (tertiary/aromatic N) is 1. The number of hydrogen-bond donors (Lipinski definition) is 2. The third kappa shape index (κ3) is 4.79. The van der Waals surface area contributed by atoms with Crippen molar-refractivity contribution in [1.82, 2.24) is 10.2 Å². The van der Waals surface area contributed by atoms with Crippen LogP contribution in [-0.4, -0.2) is 60.3 Å². The minimum absolute atomic E-state index is 0.111. The van der Waals surface area contributed by atoms with Crippen LogP contribution >= 0.6 is 0 Å². The highest BCUT2D eigenvalue weighted by atomic mass is 16.7. The van der Waals surface area contributed by atoms with E-state index < -0.39 is 23.9 Å². The topological polar surface area (TPSA) is 83.9 Å². The SMILES string of the molecule is CC(C)(C)OC(=O)N1CCC(N/C=C(\C=N)B2OC(C)(C)C(C)(C)O2)C1. The summed E-state index contributed by atoms with van der Waals surface area (Å²) in [6, 6.07) is 0.111. The lowest BCUT2D eigenvalue weighted by atomic mass is 9.79. The molecular weight excluding hydrogens is 333 g/mol. The molecule has 2 N–H and O–H groups in total. The maximum absolute atomic E-state index is 12.1. The average Bonchev–Trinajstić information content (AvgIpc) is 3.01. The van der Waals surface area contributed by atoms with Crippen LogP contribution in [0.25, 0.3) is 0 Å². The molecule has 1 unspecified atom stereocenters. The number of nitrogens with one attached hydrogen (secondary N) is 2. The molecule has 0 aromatic carbocycles. The number of likely N-dealkylation sites (tertiary alicyclic amines) is 1. The fourth-order valence-corrected chi connectivity index (χ4v) is 2.76. The van der Waals surface area contributed by atoms with Gasteiger partial charge < -0.3 is 29.7 Å². The van der Waals surface area contributed by atoms with E-state index in [2.05, 4.69) is 5.32 Å². The third-order valence-corrected chi connectivity index (χ3v) is 5.02. The van der Waals surface area contributed by atoms with Crippen molar-refractivity contribution in [1.29, 1.82) is 5.41 Å². The van der Waals surface area contributed by atoms with Crippen LogP contribution in [0.1, 0.15) is 54.9 Å². The highest BCUT2D eigenvalue weighted by molar-refractivity contribution is 6.60. The molecule has 0 aromatic rings. The maximum Gasteiger partial charge on any atom is 0.497 e. The number of carbonyl (C=O) groups is 1. The Labute approximate surface area is 157 Å². The van der Waals surface area contributed by atoms with Crippen LogP contribution in [0.2, 0.25) is 0 Å². The Kier molecular flexibility index (Phi) is 5.78. The quantitative estimate of drug-likeness (QED) is 0.591. The number of allylic oxidation sites excluding steroid dienone is 1. The molecule has 8 heteroatoms. The molecule has 2 rings (SSSR count). The Morgan fingerprint density at radius 2 is 1.85 bits per heavy atom. The van der Waals surface area contributed by atoms with E-state index in [1.165, 1.54) is 6.21 Å². The Bertz CT molecular complexity index is 567. The third-order valence-electron chi connectivity index (χ3n) is 5.02. The van der Waals surface area contributed by atoms with Crippen molar-refractivity contribution in [3.63, 3.8) is 0 Å². The molecule has 1 amide bonds. The zero-order valence-electron chi connectivity index (χ0n) is 17.0. The fraction of sp³-hybridized carbons (Fsp3) is 0.778. The predicted octanol–water partition coefficient (Wildman–Crippen LogP) is 2.75. The Hall–Kier alpha value is -1.54. The average molecular weight is 365 g/mol. The minimum Gasteiger partial charge on any atom is -0.444 e. The van der Waals surface area contributed by atoms with Gasteiger partial charge in [-0.3, -0.25) is 0 Å². The normalized spacial score (nSPS) is 25.3. The van der Waals surface area contributed by atoms with Crippen LogP contribution in [0.4, 0.5) is 4.79 Å². The molecule has 2 aliphatic rings. The first kappa shape index (κ1) is 20.8. The molecule has 2 aliphatic heterocycles. The van der Waals surface area contributed by atoms with E-state index in [4.69, 9.17) is 19.5 Å². The van der Waals surface area contributed by atoms with Crippen LogP contribution < -0.4 is 5.32 Å². The fourth-order valence-electron chi connectivity index (χ4n) is 2.76. The van der Waals surface area contributed by atoms with Crippen LogP contribution in [0.5, 0.6) is 0 Å². The zero-order chi connectivity index (χ0) is 19.8. The van der Waals surface area contributed by atoms with Crippen LogP contribution in [-0.2, 0) is 14.0 Å². The van der Waals surface area contributed by atoms with Crippen molar-refractivity contribution in [2.75, 3.05) is 13.1 Å². The first-order valence-electron chi connectivity index (χ1n) is 9.15. The van der Waals surface area contributed by atoms with E-state index in [0.29, 0.717) is 18.6 Å². The van der Waals surface area contributed by atoms with Crippen LogP contribution in [0.15, 0.2) is 11.7 Å². The Balaban J connectivity index is 1.93. The molecule has 0 bridgehead atoms. The van der Waals surface area contributed by atoms with E-state index in [1.807, 2.05) is 48.5 Å². The second-order valence-electron chi connectivity index (χ2n) is 8.96. The molecule has 0 aliphatic carbocycles. The van der Waals surface area contributed by atoms with Crippen molar-refractivity contribution in [3.05, 3.63) is 11.7 Å². The van der Waals surface area contributed by atoms with Crippen molar-refractivity contribution >= 4 is 19.4 Å². The summed E-state index contributed by atoms with van der Waals surface area (Å²) >= 11 is 0. The minimum atomic E-state index is -0.576. The number of hydrogen-bond acceptors (Lipinski definition) is 6. The highest BCUT2D eigenvalue weighted by Gasteiger charge is 2.52. The lowest BCUT2D eigenvalue weighted by Crippen LogP contribution is -2.41. The molecular formula is C18H32BN3O4. The number of amides is 1. The van der Waals surface area contributed by atoms with Gasteiger partial charge in [0, 0.05) is 30.8 Å². The molecule has 0 aromatic heterocycles. The van der Waals surface area contributed by atoms with E-state index in [-0.39, 0.29) is 12.1 Å². The number of rotatable bonds is 4. The van der Waals surface area contributed by atoms with Gasteiger partial charge in [-0.25, -0.2) is 4.79 Å². The standard InChI is InChI=1S/C18H32BN3O4/c1-16(2,3)24-15(23)22-9-8-14(12-22)21-11-13(10-20)19-25-17(4,5)18(6,7)26-19/h10-11,14,20-21H,8-9,12H2,1-7H3/b13-11+,20-10?. The van der Waals surface area contributed by atoms with E-state index in [0.717, 1.165) is 6.42 Å². The molecule has 7 nitrogen and oxygen atoms in total. The summed E-state index contributed by atoms with van der Waals surface area (Å²) in [6.07, 6.45) is 3.54. The van der Waals surface area contributed by atoms with Gasteiger partial charge in [0.2, 0.25) is 0 Å². The summed E-state index contributed by atoms with van der Waals surface area (Å²) in [7, 11) is -0.576. The van der Waals surface area contributed by atoms with Gasteiger partial charge in [0.25, 0.3) is 0 Å². The van der Waals surface area contributed by atoms with E-state index in [1.54, 1.807) is 11.1 Å². The predicted molar refractivity (Wildman–Crippen MR) is 102 cm³/mol. The van der Waals surface area contributed by atoms with E-state index >= 15 is 0 Å². The summed E-state index contributed by atoms with van der Waals surface area (Å²) < 4.78 is 17.4. The second kappa shape index (κ2) is 7.23. The van der Waals surface area contributed by atoms with Gasteiger partial charge in [-0.1, -0.05) is 0 Å². The molecule has 1 atom stereocenters. The van der Waals surface area contributed by atoms with Gasteiger partial charge >= 0.3 is 13.2 Å². The Morgan fingerprint density at radius 3 is 2.35 bits per heavy atom. The molecule has 146 valence electrons. The van der Waals surface area contributed by atoms with E-state index in [9.17, 15) is 4.79 Å². The summed E-state index contributed by atoms with van der Waals surface area (Å²) in [6.45, 7) is 14.7. The van der Waals surface area contributed by atoms with Crippen molar-refractivity contribution in [2.45, 2.75) is 77.7 Å². The van der Waals surface area contributed by atoms with Gasteiger partial charge in [0.05, 0.1) is 11.2 Å². The molecule has 0 radical (unpaired) electrons.